The van der Waals surface area contributed by atoms with Crippen LogP contribution in [0.25, 0.3) is 11.4 Å². The smallest absolute Gasteiger partial charge is 0.188 e. The Balaban J connectivity index is 2.41. The molecule has 0 atom stereocenters. The molecule has 0 aliphatic rings. The zero-order valence-electron chi connectivity index (χ0n) is 10.4. The highest BCUT2D eigenvalue weighted by atomic mass is 32.1. The van der Waals surface area contributed by atoms with Crippen LogP contribution in [-0.4, -0.2) is 14.8 Å². The van der Waals surface area contributed by atoms with Crippen molar-refractivity contribution in [1.29, 1.82) is 0 Å². The van der Waals surface area contributed by atoms with E-state index in [0.29, 0.717) is 11.1 Å². The predicted molar refractivity (Wildman–Crippen MR) is 72.3 cm³/mol. The highest BCUT2D eigenvalue weighted by molar-refractivity contribution is 7.80. The molecule has 0 bridgehead atoms. The van der Waals surface area contributed by atoms with Crippen molar-refractivity contribution < 1.29 is 0 Å². The molecule has 4 heteroatoms. The third kappa shape index (κ3) is 2.69. The topological polar surface area (TPSA) is 30.7 Å². The molecule has 1 aromatic heterocycles. The van der Waals surface area contributed by atoms with Gasteiger partial charge >= 0.3 is 0 Å². The third-order valence-corrected chi connectivity index (χ3v) is 2.92. The summed E-state index contributed by atoms with van der Waals surface area (Å²) < 4.78 is 2.05. The van der Waals surface area contributed by atoms with E-state index in [9.17, 15) is 0 Å². The molecule has 2 rings (SSSR count). The van der Waals surface area contributed by atoms with Crippen molar-refractivity contribution in [1.82, 2.24) is 14.8 Å². The van der Waals surface area contributed by atoms with Gasteiger partial charge in [0.1, 0.15) is 0 Å². The van der Waals surface area contributed by atoms with Crippen LogP contribution in [0.2, 0.25) is 0 Å². The fourth-order valence-electron chi connectivity index (χ4n) is 1.74. The van der Waals surface area contributed by atoms with E-state index in [-0.39, 0.29) is 0 Å². The highest BCUT2D eigenvalue weighted by Gasteiger charge is 2.12. The number of aromatic nitrogens is 3. The van der Waals surface area contributed by atoms with Crippen LogP contribution < -0.4 is 0 Å². The molecule has 0 aliphatic carbocycles. The summed E-state index contributed by atoms with van der Waals surface area (Å²) in [4.78, 5) is 0. The average molecular weight is 247 g/mol. The Bertz CT molecular complexity index is 500. The molecule has 2 aromatic rings. The largest absolute Gasteiger partial charge is 0.302 e. The first-order valence-electron chi connectivity index (χ1n) is 5.77. The SMILES string of the molecule is Cc1ccc(-c2nnc(S)n2CC(C)C)cc1. The fourth-order valence-corrected chi connectivity index (χ4v) is 1.97. The van der Waals surface area contributed by atoms with Crippen LogP contribution in [0.3, 0.4) is 0 Å². The lowest BCUT2D eigenvalue weighted by molar-refractivity contribution is 0.498. The van der Waals surface area contributed by atoms with Gasteiger partial charge in [-0.2, -0.15) is 0 Å². The number of nitrogens with zero attached hydrogens (tertiary/aromatic N) is 3. The minimum absolute atomic E-state index is 0.543. The quantitative estimate of drug-likeness (QED) is 0.844. The maximum absolute atomic E-state index is 4.35. The molecule has 1 aromatic carbocycles. The highest BCUT2D eigenvalue weighted by Crippen LogP contribution is 2.21. The maximum atomic E-state index is 4.35. The molecule has 0 radical (unpaired) electrons. The van der Waals surface area contributed by atoms with Gasteiger partial charge in [-0.3, -0.25) is 0 Å². The lowest BCUT2D eigenvalue weighted by Crippen LogP contribution is -2.06. The molecule has 90 valence electrons. The van der Waals surface area contributed by atoms with Gasteiger partial charge in [-0.1, -0.05) is 43.7 Å². The van der Waals surface area contributed by atoms with Crippen molar-refractivity contribution in [3.63, 3.8) is 0 Å². The molecular formula is C13H17N3S. The zero-order valence-corrected chi connectivity index (χ0v) is 11.3. The van der Waals surface area contributed by atoms with Crippen molar-refractivity contribution in [2.75, 3.05) is 0 Å². The second-order valence-corrected chi connectivity index (χ2v) is 5.09. The van der Waals surface area contributed by atoms with E-state index in [0.717, 1.165) is 17.9 Å². The molecule has 17 heavy (non-hydrogen) atoms. The summed E-state index contributed by atoms with van der Waals surface area (Å²) in [7, 11) is 0. The normalized spacial score (nSPS) is 11.1. The molecule has 0 spiro atoms. The van der Waals surface area contributed by atoms with Crippen LogP contribution >= 0.6 is 12.6 Å². The van der Waals surface area contributed by atoms with Crippen LogP contribution in [0.15, 0.2) is 29.4 Å². The molecule has 0 aliphatic heterocycles. The summed E-state index contributed by atoms with van der Waals surface area (Å²) >= 11 is 4.35. The Morgan fingerprint density at radius 1 is 1.18 bits per heavy atom. The van der Waals surface area contributed by atoms with Gasteiger partial charge in [0.2, 0.25) is 0 Å². The van der Waals surface area contributed by atoms with E-state index in [1.165, 1.54) is 5.56 Å². The molecule has 3 nitrogen and oxygen atoms in total. The van der Waals surface area contributed by atoms with Crippen molar-refractivity contribution >= 4 is 12.6 Å². The summed E-state index contributed by atoms with van der Waals surface area (Å²) in [5, 5.41) is 8.93. The molecule has 0 amide bonds. The first-order valence-corrected chi connectivity index (χ1v) is 6.22. The van der Waals surface area contributed by atoms with E-state index in [4.69, 9.17) is 0 Å². The van der Waals surface area contributed by atoms with Crippen molar-refractivity contribution in [2.45, 2.75) is 32.5 Å². The molecule has 0 unspecified atom stereocenters. The van der Waals surface area contributed by atoms with Crippen molar-refractivity contribution in [3.8, 4) is 11.4 Å². The van der Waals surface area contributed by atoms with E-state index in [1.54, 1.807) is 0 Å². The Hall–Kier alpha value is -1.29. The molecule has 0 saturated heterocycles. The third-order valence-electron chi connectivity index (χ3n) is 2.59. The van der Waals surface area contributed by atoms with Crippen LogP contribution in [0.5, 0.6) is 0 Å². The maximum Gasteiger partial charge on any atom is 0.188 e. The summed E-state index contributed by atoms with van der Waals surface area (Å²) in [5.41, 5.74) is 2.33. The van der Waals surface area contributed by atoms with Gasteiger partial charge in [0.25, 0.3) is 0 Å². The van der Waals surface area contributed by atoms with E-state index >= 15 is 0 Å². The van der Waals surface area contributed by atoms with Gasteiger partial charge in [0.15, 0.2) is 11.0 Å². The number of benzene rings is 1. The Morgan fingerprint density at radius 3 is 2.41 bits per heavy atom. The van der Waals surface area contributed by atoms with Crippen molar-refractivity contribution in [3.05, 3.63) is 29.8 Å². The number of rotatable bonds is 3. The van der Waals surface area contributed by atoms with E-state index in [1.807, 2.05) is 0 Å². The summed E-state index contributed by atoms with van der Waals surface area (Å²) in [6.45, 7) is 7.31. The van der Waals surface area contributed by atoms with Crippen LogP contribution in [-0.2, 0) is 6.54 Å². The summed E-state index contributed by atoms with van der Waals surface area (Å²) in [6, 6.07) is 8.32. The molecular weight excluding hydrogens is 230 g/mol. The number of hydrogen-bond acceptors (Lipinski definition) is 3. The Morgan fingerprint density at radius 2 is 1.82 bits per heavy atom. The minimum atomic E-state index is 0.543. The average Bonchev–Trinajstić information content (AvgIpc) is 2.61. The zero-order chi connectivity index (χ0) is 12.4. The van der Waals surface area contributed by atoms with Gasteiger partial charge in [0, 0.05) is 12.1 Å². The second kappa shape index (κ2) is 4.92. The van der Waals surface area contributed by atoms with Gasteiger partial charge in [-0.15, -0.1) is 22.8 Å². The minimum Gasteiger partial charge on any atom is -0.302 e. The second-order valence-electron chi connectivity index (χ2n) is 4.69. The van der Waals surface area contributed by atoms with Crippen molar-refractivity contribution in [2.24, 2.45) is 5.92 Å². The Kier molecular flexibility index (Phi) is 3.52. The molecule has 0 N–H and O–H groups in total. The van der Waals surface area contributed by atoms with Crippen LogP contribution in [0.1, 0.15) is 19.4 Å². The van der Waals surface area contributed by atoms with Crippen LogP contribution in [0, 0.1) is 12.8 Å². The molecule has 0 saturated carbocycles. The lowest BCUT2D eigenvalue weighted by atomic mass is 10.1. The Labute approximate surface area is 107 Å². The summed E-state index contributed by atoms with van der Waals surface area (Å²) in [6.07, 6.45) is 0. The number of aryl methyl sites for hydroxylation is 1. The molecule has 1 heterocycles. The fraction of sp³-hybridized carbons (Fsp3) is 0.385. The van der Waals surface area contributed by atoms with E-state index in [2.05, 4.69) is 72.4 Å². The monoisotopic (exact) mass is 247 g/mol. The van der Waals surface area contributed by atoms with Gasteiger partial charge in [-0.25, -0.2) is 0 Å². The predicted octanol–water partition coefficient (Wildman–Crippen LogP) is 3.20. The van der Waals surface area contributed by atoms with E-state index < -0.39 is 0 Å². The first kappa shape index (κ1) is 12.2. The standard InChI is InChI=1S/C13H17N3S/c1-9(2)8-16-12(14-15-13(16)17)11-6-4-10(3)5-7-11/h4-7,9H,8H2,1-3H3,(H,15,17). The van der Waals surface area contributed by atoms with Gasteiger partial charge in [0.05, 0.1) is 0 Å². The van der Waals surface area contributed by atoms with Gasteiger partial charge in [-0.05, 0) is 12.8 Å². The number of thiol groups is 1. The summed E-state index contributed by atoms with van der Waals surface area (Å²) in [5.74, 6) is 1.43. The molecule has 0 fully saturated rings. The first-order chi connectivity index (χ1) is 8.08. The lowest BCUT2D eigenvalue weighted by Gasteiger charge is -2.10. The number of hydrogen-bond donors (Lipinski definition) is 1. The van der Waals surface area contributed by atoms with Gasteiger partial charge < -0.3 is 4.57 Å². The van der Waals surface area contributed by atoms with Crippen LogP contribution in [0.4, 0.5) is 0 Å².